The van der Waals surface area contributed by atoms with E-state index in [1.807, 2.05) is 50.2 Å². The van der Waals surface area contributed by atoms with Crippen LogP contribution in [0.25, 0.3) is 11.0 Å². The Bertz CT molecular complexity index is 953. The molecule has 1 fully saturated rings. The van der Waals surface area contributed by atoms with Gasteiger partial charge < -0.3 is 15.4 Å². The summed E-state index contributed by atoms with van der Waals surface area (Å²) < 4.78 is 0. The standard InChI is InChI=1S/C22H26N4O2S/c1-14(2)23-21(28)20-11-17(13-26(20)12-15-7-9-16(27)10-8-15)29-22-24-18-5-3-4-6-19(18)25-22/h3-10,14,17,20,27H,11-13H2,1-2H3,(H,23,28)(H,24,25)/t17-,20+/m1/s1. The smallest absolute Gasteiger partial charge is 0.237 e. The number of thioether (sulfide) groups is 1. The van der Waals surface area contributed by atoms with Crippen molar-refractivity contribution in [1.82, 2.24) is 20.2 Å². The van der Waals surface area contributed by atoms with E-state index in [0.717, 1.165) is 34.7 Å². The van der Waals surface area contributed by atoms with Gasteiger partial charge in [-0.1, -0.05) is 36.0 Å². The molecule has 6 nitrogen and oxygen atoms in total. The van der Waals surface area contributed by atoms with E-state index >= 15 is 0 Å². The van der Waals surface area contributed by atoms with Crippen molar-refractivity contribution in [3.8, 4) is 5.75 Å². The van der Waals surface area contributed by atoms with Crippen molar-refractivity contribution in [3.05, 3.63) is 54.1 Å². The molecule has 3 N–H and O–H groups in total. The minimum atomic E-state index is -0.173. The third kappa shape index (κ3) is 4.74. The summed E-state index contributed by atoms with van der Waals surface area (Å²) in [4.78, 5) is 23.1. The van der Waals surface area contributed by atoms with Crippen LogP contribution in [-0.4, -0.2) is 49.8 Å². The number of nitrogens with zero attached hydrogens (tertiary/aromatic N) is 2. The number of rotatable bonds is 6. The van der Waals surface area contributed by atoms with E-state index in [9.17, 15) is 9.90 Å². The molecule has 0 saturated carbocycles. The topological polar surface area (TPSA) is 81.2 Å². The second-order valence-electron chi connectivity index (χ2n) is 7.81. The number of aromatic amines is 1. The van der Waals surface area contributed by atoms with Crippen molar-refractivity contribution in [3.63, 3.8) is 0 Å². The molecule has 29 heavy (non-hydrogen) atoms. The van der Waals surface area contributed by atoms with Crippen LogP contribution in [0.15, 0.2) is 53.7 Å². The van der Waals surface area contributed by atoms with E-state index in [4.69, 9.17) is 0 Å². The van der Waals surface area contributed by atoms with Crippen LogP contribution in [-0.2, 0) is 11.3 Å². The molecule has 1 aliphatic heterocycles. The minimum absolute atomic E-state index is 0.0754. The van der Waals surface area contributed by atoms with E-state index in [1.165, 1.54) is 0 Å². The summed E-state index contributed by atoms with van der Waals surface area (Å²) in [6.45, 7) is 5.45. The Balaban J connectivity index is 1.50. The van der Waals surface area contributed by atoms with Gasteiger partial charge in [-0.15, -0.1) is 0 Å². The number of amides is 1. The second-order valence-corrected chi connectivity index (χ2v) is 9.10. The number of benzene rings is 2. The first-order chi connectivity index (χ1) is 14.0. The number of hydrogen-bond acceptors (Lipinski definition) is 5. The highest BCUT2D eigenvalue weighted by molar-refractivity contribution is 7.99. The fraction of sp³-hybridized carbons (Fsp3) is 0.364. The number of carbonyl (C=O) groups excluding carboxylic acids is 1. The molecule has 7 heteroatoms. The van der Waals surface area contributed by atoms with Crippen LogP contribution in [0.2, 0.25) is 0 Å². The van der Waals surface area contributed by atoms with E-state index in [2.05, 4.69) is 20.2 Å². The summed E-state index contributed by atoms with van der Waals surface area (Å²) in [7, 11) is 0. The number of aromatic hydroxyl groups is 1. The number of carbonyl (C=O) groups is 1. The van der Waals surface area contributed by atoms with Crippen molar-refractivity contribution < 1.29 is 9.90 Å². The summed E-state index contributed by atoms with van der Waals surface area (Å²) in [5.74, 6) is 0.328. The predicted octanol–water partition coefficient (Wildman–Crippen LogP) is 3.53. The van der Waals surface area contributed by atoms with E-state index in [-0.39, 0.29) is 29.0 Å². The van der Waals surface area contributed by atoms with E-state index in [1.54, 1.807) is 23.9 Å². The third-order valence-corrected chi connectivity index (χ3v) is 6.16. The summed E-state index contributed by atoms with van der Waals surface area (Å²) in [5, 5.41) is 13.8. The number of para-hydroxylation sites is 2. The van der Waals surface area contributed by atoms with Crippen molar-refractivity contribution in [2.75, 3.05) is 6.54 Å². The lowest BCUT2D eigenvalue weighted by Crippen LogP contribution is -2.45. The molecule has 2 atom stereocenters. The van der Waals surface area contributed by atoms with Gasteiger partial charge in [-0.3, -0.25) is 9.69 Å². The number of hydrogen-bond donors (Lipinski definition) is 3. The van der Waals surface area contributed by atoms with Gasteiger partial charge in [-0.05, 0) is 50.1 Å². The van der Waals surface area contributed by atoms with Crippen LogP contribution in [0, 0.1) is 0 Å². The summed E-state index contributed by atoms with van der Waals surface area (Å²) in [5.41, 5.74) is 3.07. The molecule has 1 aromatic heterocycles. The lowest BCUT2D eigenvalue weighted by atomic mass is 10.1. The number of phenols is 1. The van der Waals surface area contributed by atoms with Gasteiger partial charge in [0.2, 0.25) is 5.91 Å². The first-order valence-corrected chi connectivity index (χ1v) is 10.8. The van der Waals surface area contributed by atoms with Gasteiger partial charge >= 0.3 is 0 Å². The predicted molar refractivity (Wildman–Crippen MR) is 116 cm³/mol. The maximum atomic E-state index is 12.8. The van der Waals surface area contributed by atoms with Gasteiger partial charge in [0.05, 0.1) is 17.1 Å². The van der Waals surface area contributed by atoms with E-state index in [0.29, 0.717) is 6.54 Å². The normalized spacial score (nSPS) is 19.8. The molecule has 2 heterocycles. The van der Waals surface area contributed by atoms with Crippen LogP contribution in [0.1, 0.15) is 25.8 Å². The number of likely N-dealkylation sites (tertiary alicyclic amines) is 1. The SMILES string of the molecule is CC(C)NC(=O)[C@@H]1C[C@@H](Sc2nc3ccccc3[nH]2)CN1Cc1ccc(O)cc1. The van der Waals surface area contributed by atoms with Gasteiger partial charge in [-0.25, -0.2) is 4.98 Å². The number of imidazole rings is 1. The van der Waals surface area contributed by atoms with Crippen molar-refractivity contribution >= 4 is 28.7 Å². The summed E-state index contributed by atoms with van der Waals surface area (Å²) in [6.07, 6.45) is 0.776. The summed E-state index contributed by atoms with van der Waals surface area (Å²) in [6, 6.07) is 15.1. The Morgan fingerprint density at radius 1 is 1.28 bits per heavy atom. The molecule has 0 radical (unpaired) electrons. The molecule has 1 saturated heterocycles. The number of H-pyrrole nitrogens is 1. The Labute approximate surface area is 174 Å². The fourth-order valence-corrected chi connectivity index (χ4v) is 4.93. The average molecular weight is 411 g/mol. The number of fused-ring (bicyclic) bond motifs is 1. The molecule has 1 aliphatic rings. The van der Waals surface area contributed by atoms with Gasteiger partial charge in [-0.2, -0.15) is 0 Å². The molecular weight excluding hydrogens is 384 g/mol. The number of nitrogens with one attached hydrogen (secondary N) is 2. The van der Waals surface area contributed by atoms with Crippen molar-refractivity contribution in [2.24, 2.45) is 0 Å². The maximum absolute atomic E-state index is 12.8. The zero-order valence-electron chi connectivity index (χ0n) is 16.6. The Morgan fingerprint density at radius 2 is 2.03 bits per heavy atom. The molecule has 152 valence electrons. The Kier molecular flexibility index (Phi) is 5.78. The largest absolute Gasteiger partial charge is 0.508 e. The molecule has 1 amide bonds. The van der Waals surface area contributed by atoms with Gasteiger partial charge in [0, 0.05) is 24.4 Å². The molecular formula is C22H26N4O2S. The number of aromatic nitrogens is 2. The molecule has 0 aliphatic carbocycles. The maximum Gasteiger partial charge on any atom is 0.237 e. The Hall–Kier alpha value is -2.51. The highest BCUT2D eigenvalue weighted by Crippen LogP contribution is 2.33. The molecule has 2 aromatic carbocycles. The van der Waals surface area contributed by atoms with Crippen LogP contribution in [0.5, 0.6) is 5.75 Å². The fourth-order valence-electron chi connectivity index (χ4n) is 3.75. The highest BCUT2D eigenvalue weighted by atomic mass is 32.2. The second kappa shape index (κ2) is 8.47. The van der Waals surface area contributed by atoms with Crippen LogP contribution in [0.4, 0.5) is 0 Å². The Morgan fingerprint density at radius 3 is 2.76 bits per heavy atom. The zero-order valence-corrected chi connectivity index (χ0v) is 17.4. The number of phenolic OH excluding ortho intramolecular Hbond substituents is 1. The third-order valence-electron chi connectivity index (χ3n) is 5.07. The minimum Gasteiger partial charge on any atom is -0.508 e. The first kappa shape index (κ1) is 19.8. The molecule has 0 spiro atoms. The van der Waals surface area contributed by atoms with Gasteiger partial charge in [0.15, 0.2) is 5.16 Å². The van der Waals surface area contributed by atoms with Crippen LogP contribution >= 0.6 is 11.8 Å². The summed E-state index contributed by atoms with van der Waals surface area (Å²) >= 11 is 1.71. The lowest BCUT2D eigenvalue weighted by Gasteiger charge is -2.24. The van der Waals surface area contributed by atoms with E-state index < -0.39 is 0 Å². The molecule has 3 aromatic rings. The van der Waals surface area contributed by atoms with Gasteiger partial charge in [0.1, 0.15) is 5.75 Å². The molecule has 0 unspecified atom stereocenters. The van der Waals surface area contributed by atoms with Crippen LogP contribution < -0.4 is 5.32 Å². The average Bonchev–Trinajstić information content (AvgIpc) is 3.26. The van der Waals surface area contributed by atoms with Gasteiger partial charge in [0.25, 0.3) is 0 Å². The van der Waals surface area contributed by atoms with Crippen molar-refractivity contribution in [2.45, 2.75) is 49.3 Å². The van der Waals surface area contributed by atoms with Crippen molar-refractivity contribution in [1.29, 1.82) is 0 Å². The lowest BCUT2D eigenvalue weighted by molar-refractivity contribution is -0.126. The van der Waals surface area contributed by atoms with Crippen LogP contribution in [0.3, 0.4) is 0 Å². The molecule has 0 bridgehead atoms. The quantitative estimate of drug-likeness (QED) is 0.579. The first-order valence-electron chi connectivity index (χ1n) is 9.91. The molecule has 4 rings (SSSR count). The zero-order chi connectivity index (χ0) is 20.4. The highest BCUT2D eigenvalue weighted by Gasteiger charge is 2.37. The monoisotopic (exact) mass is 410 g/mol.